The van der Waals surface area contributed by atoms with Crippen molar-refractivity contribution in [3.05, 3.63) is 57.6 Å². The Balaban J connectivity index is 2.01. The first kappa shape index (κ1) is 18.7. The molecule has 0 saturated carbocycles. The Kier molecular flexibility index (Phi) is 6.10. The van der Waals surface area contributed by atoms with Crippen molar-refractivity contribution in [1.29, 1.82) is 0 Å². The summed E-state index contributed by atoms with van der Waals surface area (Å²) in [5.41, 5.74) is 3.77. The molecule has 0 aromatic heterocycles. The van der Waals surface area contributed by atoms with Crippen molar-refractivity contribution < 1.29 is 19.6 Å². The molecule has 26 heavy (non-hydrogen) atoms. The van der Waals surface area contributed by atoms with Gasteiger partial charge in [-0.2, -0.15) is 5.10 Å². The fourth-order valence-corrected chi connectivity index (χ4v) is 2.22. The van der Waals surface area contributed by atoms with E-state index in [-0.39, 0.29) is 23.6 Å². The van der Waals surface area contributed by atoms with E-state index in [2.05, 4.69) is 15.8 Å². The van der Waals surface area contributed by atoms with E-state index >= 15 is 0 Å². The van der Waals surface area contributed by atoms with Crippen LogP contribution in [0.5, 0.6) is 11.5 Å². The maximum absolute atomic E-state index is 11.8. The van der Waals surface area contributed by atoms with Crippen LogP contribution in [0.4, 0.5) is 11.4 Å². The minimum atomic E-state index is -0.693. The molecule has 0 aliphatic rings. The van der Waals surface area contributed by atoms with Crippen LogP contribution in [0.15, 0.2) is 41.5 Å². The zero-order valence-corrected chi connectivity index (χ0v) is 14.2. The number of aromatic hydroxyl groups is 1. The smallest absolute Gasteiger partial charge is 0.323 e. The Morgan fingerprint density at radius 3 is 2.81 bits per heavy atom. The number of anilines is 1. The van der Waals surface area contributed by atoms with Crippen LogP contribution >= 0.6 is 0 Å². The quantitative estimate of drug-likeness (QED) is 0.396. The highest BCUT2D eigenvalue weighted by molar-refractivity contribution is 5.89. The van der Waals surface area contributed by atoms with Crippen molar-refractivity contribution in [2.75, 3.05) is 19.0 Å². The number of nitrogens with zero attached hydrogens (tertiary/aromatic N) is 2. The summed E-state index contributed by atoms with van der Waals surface area (Å²) in [6.45, 7) is 1.93. The molecule has 0 radical (unpaired) electrons. The third-order valence-electron chi connectivity index (χ3n) is 3.39. The van der Waals surface area contributed by atoms with Gasteiger partial charge in [0.25, 0.3) is 5.91 Å². The fourth-order valence-electron chi connectivity index (χ4n) is 2.22. The van der Waals surface area contributed by atoms with Crippen LogP contribution in [0, 0.1) is 17.0 Å². The number of carbonyl (C=O) groups excluding carboxylic acids is 1. The van der Waals surface area contributed by atoms with Crippen molar-refractivity contribution in [2.45, 2.75) is 6.92 Å². The largest absolute Gasteiger partial charge is 0.504 e. The highest BCUT2D eigenvalue weighted by atomic mass is 16.6. The van der Waals surface area contributed by atoms with E-state index in [0.717, 1.165) is 17.5 Å². The summed E-state index contributed by atoms with van der Waals surface area (Å²) >= 11 is 0. The lowest BCUT2D eigenvalue weighted by atomic mass is 10.1. The first-order valence-electron chi connectivity index (χ1n) is 7.59. The molecule has 2 rings (SSSR count). The number of amides is 1. The summed E-state index contributed by atoms with van der Waals surface area (Å²) in [6.07, 6.45) is 1.12. The Morgan fingerprint density at radius 1 is 1.38 bits per heavy atom. The molecule has 0 saturated heterocycles. The number of hydrogen-bond donors (Lipinski definition) is 3. The van der Waals surface area contributed by atoms with Gasteiger partial charge in [-0.25, -0.2) is 5.43 Å². The van der Waals surface area contributed by atoms with Gasteiger partial charge < -0.3 is 15.2 Å². The molecule has 9 nitrogen and oxygen atoms in total. The number of aryl methyl sites for hydroxylation is 1. The SMILES string of the molecule is COc1c(O)ccc(C=NNC(=O)CNc2cccc(C)c2)c1[N+](=O)[O-]. The first-order chi connectivity index (χ1) is 12.4. The second kappa shape index (κ2) is 8.47. The van der Waals surface area contributed by atoms with Crippen molar-refractivity contribution in [3.63, 3.8) is 0 Å². The number of nitrogens with one attached hydrogen (secondary N) is 2. The predicted octanol–water partition coefficient (Wildman–Crippen LogP) is 2.18. The molecule has 9 heteroatoms. The van der Waals surface area contributed by atoms with Gasteiger partial charge in [0.2, 0.25) is 5.75 Å². The monoisotopic (exact) mass is 358 g/mol. The number of nitro groups is 1. The predicted molar refractivity (Wildman–Crippen MR) is 96.7 cm³/mol. The van der Waals surface area contributed by atoms with Crippen LogP contribution in [0.25, 0.3) is 0 Å². The molecule has 0 heterocycles. The van der Waals surface area contributed by atoms with Crippen LogP contribution in [-0.4, -0.2) is 35.8 Å². The normalized spacial score (nSPS) is 10.5. The van der Waals surface area contributed by atoms with Gasteiger partial charge in [-0.3, -0.25) is 14.9 Å². The van der Waals surface area contributed by atoms with Gasteiger partial charge in [0, 0.05) is 5.69 Å². The molecule has 0 aliphatic heterocycles. The van der Waals surface area contributed by atoms with Gasteiger partial charge in [0.15, 0.2) is 5.75 Å². The molecule has 136 valence electrons. The summed E-state index contributed by atoms with van der Waals surface area (Å²) < 4.78 is 4.85. The van der Waals surface area contributed by atoms with Crippen molar-refractivity contribution in [1.82, 2.24) is 5.43 Å². The lowest BCUT2D eigenvalue weighted by Gasteiger charge is -2.07. The topological polar surface area (TPSA) is 126 Å². The maximum Gasteiger partial charge on any atom is 0.323 e. The first-order valence-corrected chi connectivity index (χ1v) is 7.59. The van der Waals surface area contributed by atoms with Gasteiger partial charge in [0.05, 0.1) is 30.4 Å². The minimum Gasteiger partial charge on any atom is -0.504 e. The number of rotatable bonds is 7. The van der Waals surface area contributed by atoms with E-state index in [0.29, 0.717) is 0 Å². The summed E-state index contributed by atoms with van der Waals surface area (Å²) in [4.78, 5) is 22.3. The molecule has 2 aromatic carbocycles. The molecule has 0 fully saturated rings. The molecule has 2 aromatic rings. The van der Waals surface area contributed by atoms with E-state index < -0.39 is 16.5 Å². The van der Waals surface area contributed by atoms with Crippen molar-refractivity contribution in [3.8, 4) is 11.5 Å². The second-order valence-electron chi connectivity index (χ2n) is 5.33. The van der Waals surface area contributed by atoms with E-state index in [1.807, 2.05) is 31.2 Å². The molecular weight excluding hydrogens is 340 g/mol. The van der Waals surface area contributed by atoms with Gasteiger partial charge >= 0.3 is 5.69 Å². The Labute approximate surface area is 149 Å². The lowest BCUT2D eigenvalue weighted by molar-refractivity contribution is -0.386. The Bertz CT molecular complexity index is 851. The molecule has 0 unspecified atom stereocenters. The van der Waals surface area contributed by atoms with Gasteiger partial charge in [-0.05, 0) is 36.8 Å². The summed E-state index contributed by atoms with van der Waals surface area (Å²) in [6, 6.07) is 10.1. The molecule has 0 bridgehead atoms. The number of methoxy groups -OCH3 is 1. The van der Waals surface area contributed by atoms with Gasteiger partial charge in [-0.1, -0.05) is 12.1 Å². The summed E-state index contributed by atoms with van der Waals surface area (Å²) in [7, 11) is 1.21. The summed E-state index contributed by atoms with van der Waals surface area (Å²) in [5.74, 6) is -1.05. The Morgan fingerprint density at radius 2 is 2.15 bits per heavy atom. The van der Waals surface area contributed by atoms with Gasteiger partial charge in [0.1, 0.15) is 0 Å². The number of hydrogen-bond acceptors (Lipinski definition) is 7. The molecule has 0 aliphatic carbocycles. The number of phenols is 1. The third kappa shape index (κ3) is 4.69. The number of nitro benzene ring substituents is 1. The number of phenolic OH excluding ortho intramolecular Hbond substituents is 1. The van der Waals surface area contributed by atoms with E-state index in [1.165, 1.54) is 19.2 Å². The van der Waals surface area contributed by atoms with Crippen LogP contribution in [-0.2, 0) is 4.79 Å². The minimum absolute atomic E-state index is 0.0121. The number of benzene rings is 2. The zero-order valence-electron chi connectivity index (χ0n) is 14.2. The van der Waals surface area contributed by atoms with E-state index in [4.69, 9.17) is 4.74 Å². The second-order valence-corrected chi connectivity index (χ2v) is 5.33. The molecular formula is C17H18N4O5. The van der Waals surface area contributed by atoms with Gasteiger partial charge in [-0.15, -0.1) is 0 Å². The number of ether oxygens (including phenoxy) is 1. The molecule has 0 spiro atoms. The highest BCUT2D eigenvalue weighted by Gasteiger charge is 2.23. The average Bonchev–Trinajstić information content (AvgIpc) is 2.60. The number of hydrazone groups is 1. The van der Waals surface area contributed by atoms with Crippen molar-refractivity contribution in [2.24, 2.45) is 5.10 Å². The molecule has 1 amide bonds. The molecule has 3 N–H and O–H groups in total. The third-order valence-corrected chi connectivity index (χ3v) is 3.39. The lowest BCUT2D eigenvalue weighted by Crippen LogP contribution is -2.25. The zero-order chi connectivity index (χ0) is 19.1. The highest BCUT2D eigenvalue weighted by Crippen LogP contribution is 2.37. The van der Waals surface area contributed by atoms with Crippen LogP contribution in [0.3, 0.4) is 0 Å². The van der Waals surface area contributed by atoms with Crippen molar-refractivity contribution >= 4 is 23.5 Å². The number of carbonyl (C=O) groups is 1. The van der Waals surface area contributed by atoms with Crippen LogP contribution < -0.4 is 15.5 Å². The summed E-state index contributed by atoms with van der Waals surface area (Å²) in [5, 5.41) is 27.5. The standard InChI is InChI=1S/C17H18N4O5/c1-11-4-3-5-13(8-11)18-10-15(23)20-19-9-12-6-7-14(22)17(26-2)16(12)21(24)25/h3-9,18,22H,10H2,1-2H3,(H,20,23). The van der Waals surface area contributed by atoms with Crippen LogP contribution in [0.2, 0.25) is 0 Å². The average molecular weight is 358 g/mol. The van der Waals surface area contributed by atoms with Crippen LogP contribution in [0.1, 0.15) is 11.1 Å². The van der Waals surface area contributed by atoms with E-state index in [9.17, 15) is 20.0 Å². The van der Waals surface area contributed by atoms with E-state index in [1.54, 1.807) is 0 Å². The molecule has 0 atom stereocenters. The maximum atomic E-state index is 11.8. The Hall–Kier alpha value is -3.62. The fraction of sp³-hybridized carbons (Fsp3) is 0.176.